The topological polar surface area (TPSA) is 49.8 Å². The van der Waals surface area contributed by atoms with E-state index in [4.69, 9.17) is 0 Å². The summed E-state index contributed by atoms with van der Waals surface area (Å²) in [4.78, 5) is 11.6. The Hall–Kier alpha value is -2.02. The highest BCUT2D eigenvalue weighted by Crippen LogP contribution is 2.39. The number of pyridine rings is 1. The summed E-state index contributed by atoms with van der Waals surface area (Å²) < 4.78 is 1.22. The first kappa shape index (κ1) is 17.1. The maximum atomic E-state index is 4.64. The number of benzene rings is 1. The van der Waals surface area contributed by atoms with Crippen LogP contribution in [0.2, 0.25) is 0 Å². The Morgan fingerprint density at radius 2 is 2.19 bits per heavy atom. The first-order valence-corrected chi connectivity index (χ1v) is 11.2. The molecule has 4 nitrogen and oxygen atoms in total. The standard InChI is InChI=1S/C21H22N4S2/c1-2-16-14(4-3-8-22-16)20-11-15-17(7-9-23-21(15)27-20)25-13-5-6-19-18(10-13)24-12-26-19/h5-7,9-12,14,16,22H,2-4,8H2,1H3,(H,23,25). The lowest BCUT2D eigenvalue weighted by Gasteiger charge is -2.31. The number of piperidine rings is 1. The lowest BCUT2D eigenvalue weighted by molar-refractivity contribution is 0.346. The number of aromatic nitrogens is 2. The van der Waals surface area contributed by atoms with Crippen LogP contribution < -0.4 is 10.6 Å². The molecule has 3 aromatic heterocycles. The monoisotopic (exact) mass is 394 g/mol. The minimum Gasteiger partial charge on any atom is -0.355 e. The number of thiazole rings is 1. The number of nitrogens with one attached hydrogen (secondary N) is 2. The number of rotatable bonds is 4. The van der Waals surface area contributed by atoms with E-state index in [1.165, 1.54) is 34.2 Å². The summed E-state index contributed by atoms with van der Waals surface area (Å²) in [7, 11) is 0. The van der Waals surface area contributed by atoms with Crippen LogP contribution >= 0.6 is 22.7 Å². The average Bonchev–Trinajstić information content (AvgIpc) is 3.35. The van der Waals surface area contributed by atoms with Crippen molar-refractivity contribution in [3.8, 4) is 0 Å². The van der Waals surface area contributed by atoms with Gasteiger partial charge in [0.2, 0.25) is 0 Å². The molecule has 27 heavy (non-hydrogen) atoms. The average molecular weight is 395 g/mol. The first-order valence-electron chi connectivity index (χ1n) is 9.54. The number of thiophene rings is 1. The van der Waals surface area contributed by atoms with Gasteiger partial charge >= 0.3 is 0 Å². The number of hydrogen-bond acceptors (Lipinski definition) is 6. The highest BCUT2D eigenvalue weighted by atomic mass is 32.1. The Morgan fingerprint density at radius 3 is 3.11 bits per heavy atom. The zero-order chi connectivity index (χ0) is 18.2. The molecule has 6 heteroatoms. The summed E-state index contributed by atoms with van der Waals surface area (Å²) in [6.45, 7) is 3.42. The summed E-state index contributed by atoms with van der Waals surface area (Å²) >= 11 is 3.52. The molecule has 0 bridgehead atoms. The molecule has 1 aliphatic rings. The fourth-order valence-electron chi connectivity index (χ4n) is 4.06. The maximum Gasteiger partial charge on any atom is 0.125 e. The highest BCUT2D eigenvalue weighted by molar-refractivity contribution is 7.18. The number of anilines is 2. The van der Waals surface area contributed by atoms with Crippen LogP contribution in [-0.4, -0.2) is 22.6 Å². The van der Waals surface area contributed by atoms with Gasteiger partial charge in [-0.05, 0) is 56.1 Å². The van der Waals surface area contributed by atoms with Crippen molar-refractivity contribution in [3.63, 3.8) is 0 Å². The predicted molar refractivity (Wildman–Crippen MR) is 117 cm³/mol. The molecular weight excluding hydrogens is 372 g/mol. The molecule has 0 radical (unpaired) electrons. The molecule has 2 N–H and O–H groups in total. The molecule has 1 aliphatic heterocycles. The van der Waals surface area contributed by atoms with Gasteiger partial charge in [0, 0.05) is 34.1 Å². The summed E-state index contributed by atoms with van der Waals surface area (Å²) in [6.07, 6.45) is 5.59. The SMILES string of the molecule is CCC1NCCCC1c1cc2c(Nc3ccc4scnc4c3)ccnc2s1. The lowest BCUT2D eigenvalue weighted by Crippen LogP contribution is -2.39. The van der Waals surface area contributed by atoms with Gasteiger partial charge in [0.1, 0.15) is 4.83 Å². The minimum atomic E-state index is 0.579. The Kier molecular flexibility index (Phi) is 4.55. The zero-order valence-corrected chi connectivity index (χ0v) is 16.9. The van der Waals surface area contributed by atoms with Crippen molar-refractivity contribution in [1.82, 2.24) is 15.3 Å². The van der Waals surface area contributed by atoms with E-state index in [9.17, 15) is 0 Å². The smallest absolute Gasteiger partial charge is 0.125 e. The molecule has 0 amide bonds. The van der Waals surface area contributed by atoms with Gasteiger partial charge in [0.05, 0.1) is 21.4 Å². The molecule has 1 fully saturated rings. The third kappa shape index (κ3) is 3.22. The van der Waals surface area contributed by atoms with Crippen molar-refractivity contribution in [2.45, 2.75) is 38.1 Å². The Morgan fingerprint density at radius 1 is 1.22 bits per heavy atom. The van der Waals surface area contributed by atoms with E-state index >= 15 is 0 Å². The van der Waals surface area contributed by atoms with E-state index in [1.807, 2.05) is 23.0 Å². The largest absolute Gasteiger partial charge is 0.355 e. The second-order valence-electron chi connectivity index (χ2n) is 7.10. The predicted octanol–water partition coefficient (Wildman–Crippen LogP) is 5.90. The molecular formula is C21H22N4S2. The van der Waals surface area contributed by atoms with E-state index in [1.54, 1.807) is 11.3 Å². The number of fused-ring (bicyclic) bond motifs is 2. The van der Waals surface area contributed by atoms with Crippen molar-refractivity contribution in [1.29, 1.82) is 0 Å². The summed E-state index contributed by atoms with van der Waals surface area (Å²) in [6, 6.07) is 11.4. The number of hydrogen-bond donors (Lipinski definition) is 2. The third-order valence-electron chi connectivity index (χ3n) is 5.45. The maximum absolute atomic E-state index is 4.64. The van der Waals surface area contributed by atoms with Crippen LogP contribution in [0, 0.1) is 0 Å². The van der Waals surface area contributed by atoms with Crippen LogP contribution in [-0.2, 0) is 0 Å². The summed E-state index contributed by atoms with van der Waals surface area (Å²) in [5.74, 6) is 0.599. The lowest BCUT2D eigenvalue weighted by atomic mass is 9.88. The number of nitrogens with zero attached hydrogens (tertiary/aromatic N) is 2. The van der Waals surface area contributed by atoms with E-state index in [-0.39, 0.29) is 0 Å². The van der Waals surface area contributed by atoms with E-state index < -0.39 is 0 Å². The van der Waals surface area contributed by atoms with Crippen LogP contribution in [0.25, 0.3) is 20.4 Å². The Balaban J connectivity index is 1.50. The molecule has 5 rings (SSSR count). The van der Waals surface area contributed by atoms with Gasteiger partial charge in [0.25, 0.3) is 0 Å². The van der Waals surface area contributed by atoms with E-state index in [0.717, 1.165) is 28.3 Å². The quantitative estimate of drug-likeness (QED) is 0.453. The van der Waals surface area contributed by atoms with Crippen molar-refractivity contribution < 1.29 is 0 Å². The van der Waals surface area contributed by atoms with Crippen molar-refractivity contribution >= 4 is 54.5 Å². The Bertz CT molecular complexity index is 1080. The molecule has 1 saturated heterocycles. The fraction of sp³-hybridized carbons (Fsp3) is 0.333. The van der Waals surface area contributed by atoms with Gasteiger partial charge < -0.3 is 10.6 Å². The fourth-order valence-corrected chi connectivity index (χ4v) is 5.95. The molecule has 0 spiro atoms. The molecule has 4 heterocycles. The Labute approximate surface area is 166 Å². The zero-order valence-electron chi connectivity index (χ0n) is 15.2. The van der Waals surface area contributed by atoms with Gasteiger partial charge in [-0.2, -0.15) is 0 Å². The van der Waals surface area contributed by atoms with E-state index in [0.29, 0.717) is 12.0 Å². The molecule has 1 aromatic carbocycles. The van der Waals surface area contributed by atoms with Gasteiger partial charge in [-0.25, -0.2) is 9.97 Å². The first-order chi connectivity index (χ1) is 13.3. The molecule has 138 valence electrons. The highest BCUT2D eigenvalue weighted by Gasteiger charge is 2.26. The normalized spacial score (nSPS) is 20.3. The van der Waals surface area contributed by atoms with Crippen LogP contribution in [0.1, 0.15) is 37.0 Å². The van der Waals surface area contributed by atoms with E-state index in [2.05, 4.69) is 57.9 Å². The van der Waals surface area contributed by atoms with Crippen LogP contribution in [0.4, 0.5) is 11.4 Å². The van der Waals surface area contributed by atoms with Crippen LogP contribution in [0.5, 0.6) is 0 Å². The van der Waals surface area contributed by atoms with Crippen molar-refractivity contribution in [2.75, 3.05) is 11.9 Å². The van der Waals surface area contributed by atoms with Gasteiger partial charge in [-0.15, -0.1) is 22.7 Å². The summed E-state index contributed by atoms with van der Waals surface area (Å²) in [5.41, 5.74) is 5.13. The van der Waals surface area contributed by atoms with Crippen LogP contribution in [0.3, 0.4) is 0 Å². The molecule has 0 saturated carbocycles. The second kappa shape index (κ2) is 7.19. The molecule has 4 aromatic rings. The molecule has 2 unspecified atom stereocenters. The van der Waals surface area contributed by atoms with Gasteiger partial charge in [0.15, 0.2) is 0 Å². The van der Waals surface area contributed by atoms with Gasteiger partial charge in [-0.1, -0.05) is 6.92 Å². The van der Waals surface area contributed by atoms with Gasteiger partial charge in [-0.3, -0.25) is 0 Å². The molecule has 0 aliphatic carbocycles. The summed E-state index contributed by atoms with van der Waals surface area (Å²) in [5, 5.41) is 8.50. The van der Waals surface area contributed by atoms with Crippen LogP contribution in [0.15, 0.2) is 42.0 Å². The van der Waals surface area contributed by atoms with Crippen molar-refractivity contribution in [3.05, 3.63) is 46.9 Å². The second-order valence-corrected chi connectivity index (χ2v) is 9.05. The van der Waals surface area contributed by atoms with Crippen molar-refractivity contribution in [2.24, 2.45) is 0 Å². The molecule has 2 atom stereocenters. The third-order valence-corrected chi connectivity index (χ3v) is 7.44. The minimum absolute atomic E-state index is 0.579.